The summed E-state index contributed by atoms with van der Waals surface area (Å²) in [5.41, 5.74) is 1.24. The molecule has 13 heavy (non-hydrogen) atoms. The summed E-state index contributed by atoms with van der Waals surface area (Å²) in [6, 6.07) is 0.543. The van der Waals surface area contributed by atoms with Crippen LogP contribution in [0.15, 0.2) is 12.4 Å². The summed E-state index contributed by atoms with van der Waals surface area (Å²) in [6.45, 7) is 5.34. The van der Waals surface area contributed by atoms with E-state index >= 15 is 0 Å². The van der Waals surface area contributed by atoms with Crippen molar-refractivity contribution in [1.82, 2.24) is 15.1 Å². The van der Waals surface area contributed by atoms with Crippen molar-refractivity contribution in [3.8, 4) is 0 Å². The minimum absolute atomic E-state index is 0.543. The standard InChI is InChI=1S/C10H19N3/c1-4-10(5-6-11-3)13-8-9(2)7-12-13/h7-8,10-11H,4-6H2,1-3H3. The van der Waals surface area contributed by atoms with Gasteiger partial charge in [0.15, 0.2) is 0 Å². The molecule has 0 saturated carbocycles. The average molecular weight is 181 g/mol. The lowest BCUT2D eigenvalue weighted by Crippen LogP contribution is -2.16. The molecular formula is C10H19N3. The minimum atomic E-state index is 0.543. The summed E-state index contributed by atoms with van der Waals surface area (Å²) in [4.78, 5) is 0. The smallest absolute Gasteiger partial charge is 0.0528 e. The van der Waals surface area contributed by atoms with Crippen molar-refractivity contribution in [1.29, 1.82) is 0 Å². The van der Waals surface area contributed by atoms with Gasteiger partial charge in [0, 0.05) is 6.20 Å². The van der Waals surface area contributed by atoms with E-state index in [1.165, 1.54) is 5.56 Å². The molecule has 0 bridgehead atoms. The lowest BCUT2D eigenvalue weighted by atomic mass is 10.1. The van der Waals surface area contributed by atoms with E-state index in [2.05, 4.69) is 35.1 Å². The zero-order valence-electron chi connectivity index (χ0n) is 8.75. The van der Waals surface area contributed by atoms with Gasteiger partial charge in [0.05, 0.1) is 12.2 Å². The Morgan fingerprint density at radius 1 is 1.62 bits per heavy atom. The third-order valence-corrected chi connectivity index (χ3v) is 2.30. The zero-order chi connectivity index (χ0) is 9.68. The fraction of sp³-hybridized carbons (Fsp3) is 0.700. The van der Waals surface area contributed by atoms with Gasteiger partial charge in [-0.2, -0.15) is 5.10 Å². The van der Waals surface area contributed by atoms with Crippen LogP contribution in [0, 0.1) is 6.92 Å². The number of rotatable bonds is 5. The highest BCUT2D eigenvalue weighted by Gasteiger charge is 2.07. The highest BCUT2D eigenvalue weighted by molar-refractivity contribution is 5.00. The first-order valence-electron chi connectivity index (χ1n) is 4.93. The first-order valence-corrected chi connectivity index (χ1v) is 4.93. The molecule has 0 fully saturated rings. The lowest BCUT2D eigenvalue weighted by molar-refractivity contribution is 0.408. The molecule has 3 heteroatoms. The molecule has 1 heterocycles. The van der Waals surface area contributed by atoms with E-state index in [1.54, 1.807) is 0 Å². The highest BCUT2D eigenvalue weighted by atomic mass is 15.3. The summed E-state index contributed by atoms with van der Waals surface area (Å²) in [5, 5.41) is 7.50. The Morgan fingerprint density at radius 2 is 2.38 bits per heavy atom. The Hall–Kier alpha value is -0.830. The molecule has 0 amide bonds. The minimum Gasteiger partial charge on any atom is -0.320 e. The van der Waals surface area contributed by atoms with Crippen molar-refractivity contribution < 1.29 is 0 Å². The van der Waals surface area contributed by atoms with Crippen molar-refractivity contribution in [2.45, 2.75) is 32.7 Å². The molecule has 0 spiro atoms. The van der Waals surface area contributed by atoms with Gasteiger partial charge in [0.2, 0.25) is 0 Å². The summed E-state index contributed by atoms with van der Waals surface area (Å²) in [7, 11) is 1.99. The van der Waals surface area contributed by atoms with Crippen LogP contribution in [0.4, 0.5) is 0 Å². The Morgan fingerprint density at radius 3 is 2.85 bits per heavy atom. The largest absolute Gasteiger partial charge is 0.320 e. The van der Waals surface area contributed by atoms with Crippen LogP contribution in [-0.2, 0) is 0 Å². The van der Waals surface area contributed by atoms with Gasteiger partial charge in [-0.25, -0.2) is 0 Å². The molecule has 1 unspecified atom stereocenters. The summed E-state index contributed by atoms with van der Waals surface area (Å²) in [5.74, 6) is 0. The molecule has 1 atom stereocenters. The van der Waals surface area contributed by atoms with Crippen molar-refractivity contribution >= 4 is 0 Å². The Balaban J connectivity index is 2.56. The number of aryl methyl sites for hydroxylation is 1. The van der Waals surface area contributed by atoms with Crippen molar-refractivity contribution in [3.63, 3.8) is 0 Å². The van der Waals surface area contributed by atoms with Gasteiger partial charge in [0.1, 0.15) is 0 Å². The van der Waals surface area contributed by atoms with Gasteiger partial charge < -0.3 is 5.32 Å². The lowest BCUT2D eigenvalue weighted by Gasteiger charge is -2.14. The second-order valence-corrected chi connectivity index (χ2v) is 3.45. The maximum atomic E-state index is 4.33. The van der Waals surface area contributed by atoms with Gasteiger partial charge in [-0.05, 0) is 38.9 Å². The van der Waals surface area contributed by atoms with E-state index in [-0.39, 0.29) is 0 Å². The second-order valence-electron chi connectivity index (χ2n) is 3.45. The molecule has 1 aromatic heterocycles. The van der Waals surface area contributed by atoms with Gasteiger partial charge in [0.25, 0.3) is 0 Å². The number of hydrogen-bond acceptors (Lipinski definition) is 2. The van der Waals surface area contributed by atoms with Gasteiger partial charge in [-0.1, -0.05) is 6.92 Å². The van der Waals surface area contributed by atoms with Crippen LogP contribution in [0.1, 0.15) is 31.4 Å². The van der Waals surface area contributed by atoms with E-state index in [0.29, 0.717) is 6.04 Å². The van der Waals surface area contributed by atoms with E-state index in [4.69, 9.17) is 0 Å². The summed E-state index contributed by atoms with van der Waals surface area (Å²) >= 11 is 0. The number of hydrogen-bond donors (Lipinski definition) is 1. The van der Waals surface area contributed by atoms with E-state index in [9.17, 15) is 0 Å². The predicted octanol–water partition coefficient (Wildman–Crippen LogP) is 1.75. The van der Waals surface area contributed by atoms with Crippen LogP contribution in [0.25, 0.3) is 0 Å². The maximum Gasteiger partial charge on any atom is 0.0528 e. The van der Waals surface area contributed by atoms with Crippen molar-refractivity contribution in [2.75, 3.05) is 13.6 Å². The van der Waals surface area contributed by atoms with Crippen LogP contribution in [-0.4, -0.2) is 23.4 Å². The molecule has 0 radical (unpaired) electrons. The van der Waals surface area contributed by atoms with Crippen LogP contribution in [0.3, 0.4) is 0 Å². The Bertz CT molecular complexity index is 242. The fourth-order valence-corrected chi connectivity index (χ4v) is 1.47. The van der Waals surface area contributed by atoms with Crippen molar-refractivity contribution in [2.24, 2.45) is 0 Å². The molecule has 0 aromatic carbocycles. The second kappa shape index (κ2) is 5.02. The quantitative estimate of drug-likeness (QED) is 0.750. The van der Waals surface area contributed by atoms with E-state index < -0.39 is 0 Å². The molecule has 74 valence electrons. The summed E-state index contributed by atoms with van der Waals surface area (Å²) < 4.78 is 2.08. The van der Waals surface area contributed by atoms with Crippen LogP contribution in [0.2, 0.25) is 0 Å². The zero-order valence-corrected chi connectivity index (χ0v) is 8.75. The topological polar surface area (TPSA) is 29.9 Å². The highest BCUT2D eigenvalue weighted by Crippen LogP contribution is 2.14. The summed E-state index contributed by atoms with van der Waals surface area (Å²) in [6.07, 6.45) is 6.32. The number of aromatic nitrogens is 2. The van der Waals surface area contributed by atoms with E-state index in [0.717, 1.165) is 19.4 Å². The SMILES string of the molecule is CCC(CCNC)n1cc(C)cn1. The van der Waals surface area contributed by atoms with Gasteiger partial charge >= 0.3 is 0 Å². The molecular weight excluding hydrogens is 162 g/mol. The normalized spacial score (nSPS) is 13.2. The Labute approximate surface area is 80.1 Å². The first kappa shape index (κ1) is 10.3. The third kappa shape index (κ3) is 2.84. The molecule has 0 aliphatic heterocycles. The fourth-order valence-electron chi connectivity index (χ4n) is 1.47. The van der Waals surface area contributed by atoms with E-state index in [1.807, 2.05) is 13.2 Å². The maximum absolute atomic E-state index is 4.33. The number of nitrogens with zero attached hydrogens (tertiary/aromatic N) is 2. The average Bonchev–Trinajstić information content (AvgIpc) is 2.54. The predicted molar refractivity (Wildman–Crippen MR) is 54.8 cm³/mol. The van der Waals surface area contributed by atoms with Gasteiger partial charge in [-0.3, -0.25) is 4.68 Å². The molecule has 0 saturated heterocycles. The molecule has 0 aliphatic carbocycles. The first-order chi connectivity index (χ1) is 6.27. The van der Waals surface area contributed by atoms with Crippen molar-refractivity contribution in [3.05, 3.63) is 18.0 Å². The van der Waals surface area contributed by atoms with Crippen LogP contribution >= 0.6 is 0 Å². The Kier molecular flexibility index (Phi) is 3.96. The third-order valence-electron chi connectivity index (χ3n) is 2.30. The van der Waals surface area contributed by atoms with Gasteiger partial charge in [-0.15, -0.1) is 0 Å². The van der Waals surface area contributed by atoms with Crippen LogP contribution < -0.4 is 5.32 Å². The molecule has 1 aromatic rings. The molecule has 1 rings (SSSR count). The monoisotopic (exact) mass is 181 g/mol. The molecule has 0 aliphatic rings. The van der Waals surface area contributed by atoms with Crippen LogP contribution in [0.5, 0.6) is 0 Å². The number of nitrogens with one attached hydrogen (secondary N) is 1. The molecule has 1 N–H and O–H groups in total. The molecule has 3 nitrogen and oxygen atoms in total.